The number of rotatable bonds is 5. The zero-order valence-electron chi connectivity index (χ0n) is 16.3. The number of Topliss-reactive ketones (excluding diaryl/α,β-unsaturated/α-hetero) is 1. The van der Waals surface area contributed by atoms with Gasteiger partial charge in [-0.05, 0) is 55.5 Å². The van der Waals surface area contributed by atoms with Gasteiger partial charge in [-0.15, -0.1) is 0 Å². The van der Waals surface area contributed by atoms with E-state index in [1.807, 2.05) is 61.0 Å². The Morgan fingerprint density at radius 2 is 2.04 bits per heavy atom. The van der Waals surface area contributed by atoms with Gasteiger partial charge < -0.3 is 9.88 Å². The Labute approximate surface area is 164 Å². The minimum Gasteiger partial charge on any atom is -0.334 e. The molecule has 0 aliphatic heterocycles. The van der Waals surface area contributed by atoms with Crippen LogP contribution < -0.4 is 5.32 Å². The predicted molar refractivity (Wildman–Crippen MR) is 110 cm³/mol. The molecule has 0 radical (unpaired) electrons. The zero-order chi connectivity index (χ0) is 19.7. The number of hydrogen-bond acceptors (Lipinski definition) is 3. The summed E-state index contributed by atoms with van der Waals surface area (Å²) < 4.78 is 1.95. The first-order valence-corrected chi connectivity index (χ1v) is 9.85. The van der Waals surface area contributed by atoms with Crippen LogP contribution in [0.15, 0.2) is 48.8 Å². The molecular weight excluding hydrogens is 350 g/mol. The molecule has 144 valence electrons. The largest absolute Gasteiger partial charge is 0.334 e. The van der Waals surface area contributed by atoms with E-state index in [0.717, 1.165) is 53.5 Å². The SMILES string of the molecule is C[C@H](C(=O)Nc1ccc2c(c1)ncn2C)c1ccc(C[C@H]2CCCC2=O)cc1. The average molecular weight is 375 g/mol. The highest BCUT2D eigenvalue weighted by Gasteiger charge is 2.24. The predicted octanol–water partition coefficient (Wildman–Crippen LogP) is 4.23. The second-order valence-electron chi connectivity index (χ2n) is 7.77. The number of fused-ring (bicyclic) bond motifs is 1. The molecule has 0 unspecified atom stereocenters. The highest BCUT2D eigenvalue weighted by atomic mass is 16.2. The van der Waals surface area contributed by atoms with Gasteiger partial charge in [0.1, 0.15) is 5.78 Å². The van der Waals surface area contributed by atoms with E-state index in [9.17, 15) is 9.59 Å². The topological polar surface area (TPSA) is 64.0 Å². The van der Waals surface area contributed by atoms with Crippen LogP contribution in [0.2, 0.25) is 0 Å². The number of hydrogen-bond donors (Lipinski definition) is 1. The van der Waals surface area contributed by atoms with Crippen molar-refractivity contribution in [1.29, 1.82) is 0 Å². The number of nitrogens with one attached hydrogen (secondary N) is 1. The molecule has 1 aliphatic rings. The Morgan fingerprint density at radius 3 is 2.75 bits per heavy atom. The van der Waals surface area contributed by atoms with Crippen LogP contribution in [0.5, 0.6) is 0 Å². The molecule has 1 fully saturated rings. The first-order valence-electron chi connectivity index (χ1n) is 9.85. The van der Waals surface area contributed by atoms with Crippen LogP contribution in [-0.4, -0.2) is 21.2 Å². The molecule has 0 saturated heterocycles. The van der Waals surface area contributed by atoms with E-state index in [4.69, 9.17) is 0 Å². The molecule has 3 aromatic rings. The number of aryl methyl sites for hydroxylation is 1. The van der Waals surface area contributed by atoms with Crippen LogP contribution >= 0.6 is 0 Å². The van der Waals surface area contributed by atoms with Gasteiger partial charge in [-0.1, -0.05) is 24.3 Å². The van der Waals surface area contributed by atoms with Crippen LogP contribution in [0, 0.1) is 5.92 Å². The van der Waals surface area contributed by atoms with Crippen molar-refractivity contribution in [3.05, 3.63) is 59.9 Å². The van der Waals surface area contributed by atoms with E-state index in [2.05, 4.69) is 10.3 Å². The molecule has 5 heteroatoms. The van der Waals surface area contributed by atoms with Crippen molar-refractivity contribution in [2.45, 2.75) is 38.5 Å². The van der Waals surface area contributed by atoms with Crippen LogP contribution in [0.25, 0.3) is 11.0 Å². The fourth-order valence-electron chi connectivity index (χ4n) is 3.95. The molecule has 1 N–H and O–H groups in total. The van der Waals surface area contributed by atoms with Crippen LogP contribution in [0.1, 0.15) is 43.2 Å². The van der Waals surface area contributed by atoms with E-state index in [1.165, 1.54) is 0 Å². The molecule has 0 bridgehead atoms. The summed E-state index contributed by atoms with van der Waals surface area (Å²) in [5.74, 6) is 0.255. The van der Waals surface area contributed by atoms with Gasteiger partial charge in [0.25, 0.3) is 0 Å². The van der Waals surface area contributed by atoms with Gasteiger partial charge in [0.15, 0.2) is 0 Å². The number of nitrogens with zero attached hydrogens (tertiary/aromatic N) is 2. The summed E-state index contributed by atoms with van der Waals surface area (Å²) in [4.78, 5) is 28.9. The van der Waals surface area contributed by atoms with Crippen molar-refractivity contribution in [3.63, 3.8) is 0 Å². The van der Waals surface area contributed by atoms with Gasteiger partial charge in [-0.3, -0.25) is 9.59 Å². The summed E-state index contributed by atoms with van der Waals surface area (Å²) >= 11 is 0. The molecule has 1 aliphatic carbocycles. The number of imidazole rings is 1. The first-order chi connectivity index (χ1) is 13.5. The number of benzene rings is 2. The van der Waals surface area contributed by atoms with E-state index in [-0.39, 0.29) is 17.7 Å². The molecule has 0 spiro atoms. The van der Waals surface area contributed by atoms with Gasteiger partial charge in [-0.2, -0.15) is 0 Å². The molecule has 1 amide bonds. The number of carbonyl (C=O) groups excluding carboxylic acids is 2. The Hall–Kier alpha value is -2.95. The monoisotopic (exact) mass is 375 g/mol. The summed E-state index contributed by atoms with van der Waals surface area (Å²) in [5.41, 5.74) is 4.77. The van der Waals surface area contributed by atoms with E-state index in [0.29, 0.717) is 5.78 Å². The Balaban J connectivity index is 1.41. The van der Waals surface area contributed by atoms with Crippen molar-refractivity contribution in [2.24, 2.45) is 13.0 Å². The Bertz CT molecular complexity index is 1020. The van der Waals surface area contributed by atoms with Crippen molar-refractivity contribution in [2.75, 3.05) is 5.32 Å². The third-order valence-corrected chi connectivity index (χ3v) is 5.78. The Morgan fingerprint density at radius 1 is 1.25 bits per heavy atom. The average Bonchev–Trinajstić information content (AvgIpc) is 3.27. The number of amides is 1. The van der Waals surface area contributed by atoms with E-state index >= 15 is 0 Å². The molecular formula is C23H25N3O2. The number of carbonyl (C=O) groups is 2. The summed E-state index contributed by atoms with van der Waals surface area (Å²) in [6, 6.07) is 13.8. The second kappa shape index (κ2) is 7.58. The smallest absolute Gasteiger partial charge is 0.231 e. The lowest BCUT2D eigenvalue weighted by molar-refractivity contribution is -0.120. The zero-order valence-corrected chi connectivity index (χ0v) is 16.3. The van der Waals surface area contributed by atoms with Crippen molar-refractivity contribution < 1.29 is 9.59 Å². The minimum absolute atomic E-state index is 0.0472. The van der Waals surface area contributed by atoms with Gasteiger partial charge in [0.2, 0.25) is 5.91 Å². The summed E-state index contributed by atoms with van der Waals surface area (Å²) in [5, 5.41) is 2.99. The maximum atomic E-state index is 12.7. The Kier molecular flexibility index (Phi) is 4.99. The summed E-state index contributed by atoms with van der Waals surface area (Å²) in [7, 11) is 1.95. The fourth-order valence-corrected chi connectivity index (χ4v) is 3.95. The maximum Gasteiger partial charge on any atom is 0.231 e. The highest BCUT2D eigenvalue weighted by molar-refractivity contribution is 5.97. The second-order valence-corrected chi connectivity index (χ2v) is 7.77. The third-order valence-electron chi connectivity index (χ3n) is 5.78. The van der Waals surface area contributed by atoms with Crippen LogP contribution in [0.4, 0.5) is 5.69 Å². The van der Waals surface area contributed by atoms with Gasteiger partial charge in [0, 0.05) is 25.1 Å². The molecule has 1 aromatic heterocycles. The molecule has 1 heterocycles. The lowest BCUT2D eigenvalue weighted by Crippen LogP contribution is -2.19. The van der Waals surface area contributed by atoms with Crippen LogP contribution in [0.3, 0.4) is 0 Å². The van der Waals surface area contributed by atoms with Gasteiger partial charge in [0.05, 0.1) is 23.3 Å². The molecule has 28 heavy (non-hydrogen) atoms. The number of ketones is 1. The minimum atomic E-state index is -0.262. The van der Waals surface area contributed by atoms with Gasteiger partial charge in [-0.25, -0.2) is 4.98 Å². The lowest BCUT2D eigenvalue weighted by Gasteiger charge is -2.14. The van der Waals surface area contributed by atoms with Gasteiger partial charge >= 0.3 is 0 Å². The maximum absolute atomic E-state index is 12.7. The highest BCUT2D eigenvalue weighted by Crippen LogP contribution is 2.26. The summed E-state index contributed by atoms with van der Waals surface area (Å²) in [6.45, 7) is 1.91. The normalized spacial score (nSPS) is 17.8. The third kappa shape index (κ3) is 3.70. The van der Waals surface area contributed by atoms with E-state index < -0.39 is 0 Å². The number of aromatic nitrogens is 2. The quantitative estimate of drug-likeness (QED) is 0.726. The fraction of sp³-hybridized carbons (Fsp3) is 0.348. The van der Waals surface area contributed by atoms with E-state index in [1.54, 1.807) is 6.33 Å². The summed E-state index contributed by atoms with van der Waals surface area (Å²) in [6.07, 6.45) is 5.32. The van der Waals surface area contributed by atoms with Crippen LogP contribution in [-0.2, 0) is 23.1 Å². The molecule has 2 aromatic carbocycles. The molecule has 4 rings (SSSR count). The molecule has 2 atom stereocenters. The number of anilines is 1. The molecule has 5 nitrogen and oxygen atoms in total. The lowest BCUT2D eigenvalue weighted by atomic mass is 9.94. The first kappa shape index (κ1) is 18.4. The molecule has 1 saturated carbocycles. The van der Waals surface area contributed by atoms with Crippen molar-refractivity contribution >= 4 is 28.4 Å². The standard InChI is InChI=1S/C23H25N3O2/c1-15(17-8-6-16(7-9-17)12-18-4-3-5-22(18)27)23(28)25-19-10-11-21-20(13-19)24-14-26(21)2/h6-11,13-15,18H,3-5,12H2,1-2H3,(H,25,28)/t15-,18+/m0/s1. The van der Waals surface area contributed by atoms with Crippen molar-refractivity contribution in [1.82, 2.24) is 9.55 Å². The van der Waals surface area contributed by atoms with Crippen molar-refractivity contribution in [3.8, 4) is 0 Å².